The van der Waals surface area contributed by atoms with E-state index in [9.17, 15) is 54.1 Å². The molecule has 23 nitrogen and oxygen atoms in total. The van der Waals surface area contributed by atoms with Crippen LogP contribution in [0.15, 0.2) is 78.9 Å². The van der Waals surface area contributed by atoms with Gasteiger partial charge in [-0.25, -0.2) is 28.8 Å². The van der Waals surface area contributed by atoms with Crippen LogP contribution in [0.25, 0.3) is 0 Å². The second-order valence-corrected chi connectivity index (χ2v) is 16.3. The van der Waals surface area contributed by atoms with Crippen molar-refractivity contribution in [2.45, 2.75) is 44.5 Å². The molecule has 358 valence electrons. The minimum absolute atomic E-state index is 0.00571. The van der Waals surface area contributed by atoms with Crippen LogP contribution in [0.5, 0.6) is 23.0 Å². The average Bonchev–Trinajstić information content (AvgIpc) is 3.63. The van der Waals surface area contributed by atoms with E-state index in [0.717, 1.165) is 12.1 Å². The normalized spacial score (nSPS) is 14.6. The van der Waals surface area contributed by atoms with Crippen molar-refractivity contribution < 1.29 is 82.4 Å². The first kappa shape index (κ1) is 45.9. The van der Waals surface area contributed by atoms with E-state index in [1.54, 1.807) is 24.3 Å². The number of hydrogen-bond donors (Lipinski definition) is 3. The van der Waals surface area contributed by atoms with Gasteiger partial charge in [0.25, 0.3) is 11.4 Å². The summed E-state index contributed by atoms with van der Waals surface area (Å²) in [7, 11) is 0. The van der Waals surface area contributed by atoms with Crippen LogP contribution >= 0.6 is 0 Å². The molecule has 0 atom stereocenters. The zero-order chi connectivity index (χ0) is 49.6. The van der Waals surface area contributed by atoms with E-state index >= 15 is 0 Å². The maximum Gasteiger partial charge on any atom is 0.414 e. The lowest BCUT2D eigenvalue weighted by Crippen LogP contribution is -2.38. The lowest BCUT2D eigenvalue weighted by atomic mass is 9.75. The van der Waals surface area contributed by atoms with Crippen molar-refractivity contribution >= 4 is 58.8 Å². The number of rotatable bonds is 13. The highest BCUT2D eigenvalue weighted by Gasteiger charge is 2.55. The number of esters is 1. The number of nitrogens with zero attached hydrogens (tertiary/aromatic N) is 4. The van der Waals surface area contributed by atoms with Gasteiger partial charge in [0.2, 0.25) is 0 Å². The van der Waals surface area contributed by atoms with Gasteiger partial charge in [-0.05, 0) is 85.3 Å². The predicted octanol–water partition coefficient (Wildman–Crippen LogP) is 6.87. The number of carbonyl (C=O) groups is 6. The summed E-state index contributed by atoms with van der Waals surface area (Å²) in [5, 5.41) is 51.6. The molecule has 23 heteroatoms. The summed E-state index contributed by atoms with van der Waals surface area (Å²) in [6, 6.07) is 17.6. The number of carboxylic acids is 3. The molecule has 4 heterocycles. The fraction of sp³-hybridized carbons (Fsp3) is 0.234. The molecule has 1 spiro atoms. The first-order chi connectivity index (χ1) is 33.5. The van der Waals surface area contributed by atoms with Crippen LogP contribution in [-0.2, 0) is 55.5 Å². The average molecular weight is 961 g/mol. The Morgan fingerprint density at radius 2 is 1.13 bits per heavy atom. The molecule has 9 rings (SSSR count). The number of nitro groups is 2. The molecule has 5 aromatic rings. The fourth-order valence-electron chi connectivity index (χ4n) is 9.01. The number of fused-ring (bicyclic) bond motifs is 8. The Morgan fingerprint density at radius 3 is 1.57 bits per heavy atom. The Balaban J connectivity index is 1.07. The topological polar surface area (TPSA) is 311 Å². The van der Waals surface area contributed by atoms with E-state index in [4.69, 9.17) is 38.6 Å². The maximum atomic E-state index is 13.9. The quantitative estimate of drug-likeness (QED) is 0.0469. The molecule has 0 fully saturated rings. The lowest BCUT2D eigenvalue weighted by Gasteiger charge is -2.40. The van der Waals surface area contributed by atoms with Gasteiger partial charge in [0.1, 0.15) is 36.2 Å². The summed E-state index contributed by atoms with van der Waals surface area (Å²) >= 11 is 0. The van der Waals surface area contributed by atoms with Crippen LogP contribution in [0, 0.1) is 20.2 Å². The second kappa shape index (κ2) is 18.1. The molecule has 70 heavy (non-hydrogen) atoms. The van der Waals surface area contributed by atoms with Gasteiger partial charge in [-0.1, -0.05) is 6.07 Å². The Kier molecular flexibility index (Phi) is 11.8. The van der Waals surface area contributed by atoms with Crippen LogP contribution < -0.4 is 24.0 Å². The second-order valence-electron chi connectivity index (χ2n) is 16.3. The van der Waals surface area contributed by atoms with Gasteiger partial charge in [0, 0.05) is 54.0 Å². The summed E-state index contributed by atoms with van der Waals surface area (Å²) in [6.45, 7) is -2.35. The number of benzene rings is 5. The lowest BCUT2D eigenvalue weighted by molar-refractivity contribution is -0.386. The largest absolute Gasteiger partial charge is 0.482 e. The van der Waals surface area contributed by atoms with E-state index in [2.05, 4.69) is 0 Å². The number of ether oxygens (including phenoxy) is 6. The number of aryl methyl sites for hydroxylation is 2. The molecule has 0 aromatic heterocycles. The minimum Gasteiger partial charge on any atom is -0.482 e. The third kappa shape index (κ3) is 8.39. The fourth-order valence-corrected chi connectivity index (χ4v) is 9.01. The molecule has 0 bridgehead atoms. The summed E-state index contributed by atoms with van der Waals surface area (Å²) in [5.74, 6) is -4.50. The molecular weight excluding hydrogens is 925 g/mol. The van der Waals surface area contributed by atoms with Crippen molar-refractivity contribution in [2.75, 3.05) is 36.1 Å². The van der Waals surface area contributed by atoms with Crippen LogP contribution in [0.2, 0.25) is 0 Å². The number of amides is 2. The first-order valence-electron chi connectivity index (χ1n) is 21.3. The van der Waals surface area contributed by atoms with Crippen molar-refractivity contribution in [3.63, 3.8) is 0 Å². The van der Waals surface area contributed by atoms with Crippen LogP contribution in [0.1, 0.15) is 72.5 Å². The van der Waals surface area contributed by atoms with Crippen molar-refractivity contribution in [1.29, 1.82) is 0 Å². The Morgan fingerprint density at radius 1 is 0.643 bits per heavy atom. The molecule has 3 N–H and O–H groups in total. The highest BCUT2D eigenvalue weighted by atomic mass is 16.6. The predicted molar refractivity (Wildman–Crippen MR) is 236 cm³/mol. The molecule has 0 saturated carbocycles. The van der Waals surface area contributed by atoms with E-state index < -0.39 is 89.3 Å². The molecule has 0 unspecified atom stereocenters. The molecule has 0 radical (unpaired) electrons. The van der Waals surface area contributed by atoms with Gasteiger partial charge < -0.3 is 43.7 Å². The Hall–Kier alpha value is -9.28. The number of aromatic carboxylic acids is 1. The van der Waals surface area contributed by atoms with Crippen molar-refractivity contribution in [3.8, 4) is 23.0 Å². The van der Waals surface area contributed by atoms with Crippen molar-refractivity contribution in [1.82, 2.24) is 0 Å². The van der Waals surface area contributed by atoms with Crippen molar-refractivity contribution in [3.05, 3.63) is 149 Å². The van der Waals surface area contributed by atoms with E-state index in [1.165, 1.54) is 52.3 Å². The van der Waals surface area contributed by atoms with Gasteiger partial charge in [-0.3, -0.25) is 30.0 Å². The number of anilines is 2. The minimum atomic E-state index is -1.75. The number of aliphatic carboxylic acids is 2. The molecule has 4 aliphatic heterocycles. The smallest absolute Gasteiger partial charge is 0.414 e. The molecular formula is C47H36N4O19. The van der Waals surface area contributed by atoms with Gasteiger partial charge in [-0.2, -0.15) is 0 Å². The highest BCUT2D eigenvalue weighted by Crippen LogP contribution is 2.59. The van der Waals surface area contributed by atoms with E-state index in [1.807, 2.05) is 0 Å². The summed E-state index contributed by atoms with van der Waals surface area (Å²) < 4.78 is 34.5. The molecule has 4 aliphatic rings. The SMILES string of the molecule is O=C(O)COc1ccc([N+](=O)[O-])c(COC(=O)N2CCCc3cc4c(cc32)Oc2cc3c(cc2C42OC(=O)c4cc(C(=O)O)ccc42)CCCN3C(=O)OCc2cc(OCC(=O)O)ccc2[N+](=O)[O-])c1. The van der Waals surface area contributed by atoms with E-state index in [0.29, 0.717) is 64.9 Å². The van der Waals surface area contributed by atoms with E-state index in [-0.39, 0.29) is 58.3 Å². The zero-order valence-electron chi connectivity index (χ0n) is 36.2. The Labute approximate surface area is 393 Å². The number of carboxylic acid groups (broad SMARTS) is 3. The van der Waals surface area contributed by atoms with Crippen molar-refractivity contribution in [2.24, 2.45) is 0 Å². The van der Waals surface area contributed by atoms with Gasteiger partial charge in [0.05, 0.1) is 43.5 Å². The zero-order valence-corrected chi connectivity index (χ0v) is 36.2. The highest BCUT2D eigenvalue weighted by molar-refractivity contribution is 6.01. The molecule has 2 amide bonds. The number of carbonyl (C=O) groups excluding carboxylic acids is 3. The number of hydrogen-bond acceptors (Lipinski definition) is 16. The molecule has 0 aliphatic carbocycles. The summed E-state index contributed by atoms with van der Waals surface area (Å²) in [5.41, 5.74) is -0.103. The molecule has 5 aromatic carbocycles. The Bertz CT molecular complexity index is 2950. The first-order valence-corrected chi connectivity index (χ1v) is 21.3. The summed E-state index contributed by atoms with van der Waals surface area (Å²) in [4.78, 5) is 101. The van der Waals surface area contributed by atoms with Crippen LogP contribution in [0.3, 0.4) is 0 Å². The van der Waals surface area contributed by atoms with Gasteiger partial charge in [0.15, 0.2) is 18.8 Å². The monoisotopic (exact) mass is 960 g/mol. The third-order valence-corrected chi connectivity index (χ3v) is 12.1. The summed E-state index contributed by atoms with van der Waals surface area (Å²) in [6.07, 6.45) is -0.0908. The maximum absolute atomic E-state index is 13.9. The third-order valence-electron chi connectivity index (χ3n) is 12.1. The standard InChI is InChI=1S/C47H36N4O19/c52-41(53)22-65-29-6-9-35(50(61)62)27(13-29)20-67-45(59)48-11-1-3-24-16-33-39(18-37(24)48)69-40-19-38-25(17-34(40)47(33)32-8-5-26(43(56)57)15-31(32)44(58)70-47)4-2-12-49(38)46(60)68-21-28-14-30(66-23-42(54)55)7-10-36(28)51(63)64/h5-10,13-19H,1-4,11-12,20-23H2,(H,52,53)(H,54,55)(H,56,57). The van der Waals surface area contributed by atoms with Crippen LogP contribution in [0.4, 0.5) is 32.3 Å². The van der Waals surface area contributed by atoms with Gasteiger partial charge in [-0.15, -0.1) is 0 Å². The number of nitro benzene ring substituents is 2. The van der Waals surface area contributed by atoms with Crippen LogP contribution in [-0.4, -0.2) is 87.5 Å². The van der Waals surface area contributed by atoms with Gasteiger partial charge >= 0.3 is 36.1 Å². The molecule has 0 saturated heterocycles.